The molecular weight excluding hydrogens is 302 g/mol. The third kappa shape index (κ3) is 2.91. The minimum absolute atomic E-state index is 0.112. The van der Waals surface area contributed by atoms with Crippen LogP contribution in [0.1, 0.15) is 5.69 Å². The summed E-state index contributed by atoms with van der Waals surface area (Å²) in [7, 11) is 1.25. The molecule has 3 amide bonds. The molecule has 21 heavy (non-hydrogen) atoms. The molecule has 1 aliphatic rings. The summed E-state index contributed by atoms with van der Waals surface area (Å²) in [5, 5.41) is 16.3. The molecule has 0 spiro atoms. The monoisotopic (exact) mass is 313 g/mol. The number of imide groups is 1. The molecule has 1 atom stereocenters. The predicted octanol–water partition coefficient (Wildman–Crippen LogP) is -0.919. The first-order valence-electron chi connectivity index (χ1n) is 5.61. The molecule has 0 aliphatic carbocycles. The fraction of sp³-hybridized carbons (Fsp3) is 0.300. The van der Waals surface area contributed by atoms with Crippen molar-refractivity contribution >= 4 is 40.1 Å². The van der Waals surface area contributed by atoms with Crippen molar-refractivity contribution in [1.82, 2.24) is 15.2 Å². The normalized spacial score (nSPS) is 18.1. The van der Waals surface area contributed by atoms with Crippen molar-refractivity contribution in [1.29, 1.82) is 0 Å². The highest BCUT2D eigenvalue weighted by Crippen LogP contribution is 2.14. The van der Waals surface area contributed by atoms with E-state index >= 15 is 0 Å². The van der Waals surface area contributed by atoms with E-state index in [1.54, 1.807) is 0 Å². The van der Waals surface area contributed by atoms with Gasteiger partial charge in [0, 0.05) is 5.38 Å². The van der Waals surface area contributed by atoms with Crippen LogP contribution in [-0.4, -0.2) is 58.3 Å². The predicted molar refractivity (Wildman–Crippen MR) is 71.7 cm³/mol. The highest BCUT2D eigenvalue weighted by Gasteiger charge is 2.42. The highest BCUT2D eigenvalue weighted by atomic mass is 32.1. The van der Waals surface area contributed by atoms with Gasteiger partial charge in [-0.2, -0.15) is 0 Å². The number of aromatic nitrogens is 1. The van der Waals surface area contributed by atoms with E-state index < -0.39 is 23.9 Å². The molecule has 2 rings (SSSR count). The molecule has 11 heteroatoms. The number of nitrogen functional groups attached to an aromatic ring is 1. The number of amides is 3. The van der Waals surface area contributed by atoms with Crippen LogP contribution in [0.25, 0.3) is 0 Å². The average Bonchev–Trinajstić information content (AvgIpc) is 2.85. The van der Waals surface area contributed by atoms with Crippen molar-refractivity contribution in [2.75, 3.05) is 19.4 Å². The summed E-state index contributed by atoms with van der Waals surface area (Å²) >= 11 is 1.12. The Morgan fingerprint density at radius 3 is 2.86 bits per heavy atom. The van der Waals surface area contributed by atoms with Gasteiger partial charge >= 0.3 is 6.09 Å². The number of thiazole rings is 1. The molecule has 4 N–H and O–H groups in total. The van der Waals surface area contributed by atoms with Crippen molar-refractivity contribution in [3.63, 3.8) is 0 Å². The number of carbonyl (C=O) groups excluding carboxylic acids is 2. The van der Waals surface area contributed by atoms with Crippen LogP contribution in [-0.2, 0) is 14.4 Å². The fourth-order valence-electron chi connectivity index (χ4n) is 1.62. The molecule has 112 valence electrons. The van der Waals surface area contributed by atoms with Crippen LogP contribution in [0.15, 0.2) is 10.5 Å². The zero-order chi connectivity index (χ0) is 15.6. The Labute approximate surface area is 122 Å². The summed E-state index contributed by atoms with van der Waals surface area (Å²) < 4.78 is 0. The van der Waals surface area contributed by atoms with Crippen molar-refractivity contribution in [2.45, 2.75) is 6.04 Å². The van der Waals surface area contributed by atoms with Crippen LogP contribution < -0.4 is 11.1 Å². The number of β-lactam (4-membered cyclic amide) rings is 1. The molecule has 1 aliphatic heterocycles. The van der Waals surface area contributed by atoms with Gasteiger partial charge in [-0.05, 0) is 0 Å². The number of nitrogens with two attached hydrogens (primary N) is 1. The summed E-state index contributed by atoms with van der Waals surface area (Å²) in [5.74, 6) is -1.41. The van der Waals surface area contributed by atoms with E-state index in [1.807, 2.05) is 0 Å². The molecule has 1 fully saturated rings. The van der Waals surface area contributed by atoms with Gasteiger partial charge in [-0.3, -0.25) is 9.59 Å². The maximum Gasteiger partial charge on any atom is 0.414 e. The zero-order valence-electron chi connectivity index (χ0n) is 10.8. The molecule has 1 saturated heterocycles. The molecule has 0 bridgehead atoms. The van der Waals surface area contributed by atoms with Crippen LogP contribution in [0.5, 0.6) is 0 Å². The van der Waals surface area contributed by atoms with Crippen molar-refractivity contribution in [3.05, 3.63) is 11.1 Å². The number of nitrogens with zero attached hydrogens (tertiary/aromatic N) is 3. The lowest BCUT2D eigenvalue weighted by Gasteiger charge is -2.34. The largest absolute Gasteiger partial charge is 0.465 e. The number of nitrogens with one attached hydrogen (secondary N) is 1. The van der Waals surface area contributed by atoms with E-state index in [2.05, 4.69) is 20.3 Å². The molecule has 2 heterocycles. The number of rotatable bonds is 4. The van der Waals surface area contributed by atoms with E-state index in [-0.39, 0.29) is 23.1 Å². The summed E-state index contributed by atoms with van der Waals surface area (Å²) in [5.41, 5.74) is 5.54. The van der Waals surface area contributed by atoms with Gasteiger partial charge in [0.1, 0.15) is 18.8 Å². The number of hydrogen-bond donors (Lipinski definition) is 3. The SMILES string of the molecule is CON=C(C(=O)N[C@H]1CN(C(=O)O)C1=O)c1csc(N)n1. The lowest BCUT2D eigenvalue weighted by molar-refractivity contribution is -0.142. The first kappa shape index (κ1) is 14.7. The Bertz CT molecular complexity index is 627. The van der Waals surface area contributed by atoms with Gasteiger partial charge in [-0.1, -0.05) is 5.16 Å². The van der Waals surface area contributed by atoms with Crippen LogP contribution in [0.3, 0.4) is 0 Å². The second kappa shape index (κ2) is 5.75. The van der Waals surface area contributed by atoms with E-state index in [0.717, 1.165) is 11.3 Å². The second-order valence-electron chi connectivity index (χ2n) is 3.95. The Balaban J connectivity index is 2.06. The number of oxime groups is 1. The third-order valence-electron chi connectivity index (χ3n) is 2.63. The van der Waals surface area contributed by atoms with Gasteiger partial charge in [0.05, 0.1) is 6.54 Å². The Morgan fingerprint density at radius 1 is 1.67 bits per heavy atom. The quantitative estimate of drug-likeness (QED) is 0.370. The molecule has 10 nitrogen and oxygen atoms in total. The molecule has 0 radical (unpaired) electrons. The molecule has 1 aromatic rings. The van der Waals surface area contributed by atoms with E-state index in [4.69, 9.17) is 10.8 Å². The molecule has 0 unspecified atom stereocenters. The zero-order valence-corrected chi connectivity index (χ0v) is 11.6. The number of carbonyl (C=O) groups is 3. The van der Waals surface area contributed by atoms with Gasteiger partial charge in [0.15, 0.2) is 10.8 Å². The van der Waals surface area contributed by atoms with Crippen LogP contribution in [0.2, 0.25) is 0 Å². The van der Waals surface area contributed by atoms with Gasteiger partial charge in [0.25, 0.3) is 11.8 Å². The Kier molecular flexibility index (Phi) is 4.03. The summed E-state index contributed by atoms with van der Waals surface area (Å²) in [6, 6.07) is -0.911. The third-order valence-corrected chi connectivity index (χ3v) is 3.30. The standard InChI is InChI=1S/C10H11N5O5S/c1-20-14-6(5-3-21-9(11)13-5)7(16)12-4-2-15(8(4)17)10(18)19/h3-4H,2H2,1H3,(H2,11,13)(H,12,16)(H,18,19)/t4-/m0/s1. The number of carboxylic acid groups (broad SMARTS) is 1. The number of anilines is 1. The summed E-state index contributed by atoms with van der Waals surface area (Å²) in [6.07, 6.45) is -1.36. The summed E-state index contributed by atoms with van der Waals surface area (Å²) in [4.78, 5) is 43.2. The van der Waals surface area contributed by atoms with Crippen molar-refractivity contribution in [2.24, 2.45) is 5.16 Å². The van der Waals surface area contributed by atoms with Crippen molar-refractivity contribution in [3.8, 4) is 0 Å². The maximum atomic E-state index is 12.1. The van der Waals surface area contributed by atoms with Crippen LogP contribution in [0, 0.1) is 0 Å². The average molecular weight is 313 g/mol. The fourth-order valence-corrected chi connectivity index (χ4v) is 2.17. The molecular formula is C10H11N5O5S. The molecule has 0 aromatic carbocycles. The Hall–Kier alpha value is -2.69. The van der Waals surface area contributed by atoms with Gasteiger partial charge in [0.2, 0.25) is 0 Å². The topological polar surface area (TPSA) is 147 Å². The smallest absolute Gasteiger partial charge is 0.414 e. The Morgan fingerprint density at radius 2 is 2.38 bits per heavy atom. The lowest BCUT2D eigenvalue weighted by atomic mass is 10.1. The van der Waals surface area contributed by atoms with Gasteiger partial charge in [-0.25, -0.2) is 14.7 Å². The minimum atomic E-state index is -1.36. The maximum absolute atomic E-state index is 12.1. The lowest BCUT2D eigenvalue weighted by Crippen LogP contribution is -2.65. The van der Waals surface area contributed by atoms with E-state index in [9.17, 15) is 14.4 Å². The molecule has 0 saturated carbocycles. The number of hydrogen-bond acceptors (Lipinski definition) is 8. The van der Waals surface area contributed by atoms with Gasteiger partial charge < -0.3 is 21.0 Å². The molecule has 1 aromatic heterocycles. The number of likely N-dealkylation sites (tertiary alicyclic amines) is 1. The first-order chi connectivity index (χ1) is 9.93. The van der Waals surface area contributed by atoms with Gasteiger partial charge in [-0.15, -0.1) is 11.3 Å². The van der Waals surface area contributed by atoms with E-state index in [1.165, 1.54) is 12.5 Å². The highest BCUT2D eigenvalue weighted by molar-refractivity contribution is 7.13. The first-order valence-corrected chi connectivity index (χ1v) is 6.49. The second-order valence-corrected chi connectivity index (χ2v) is 4.84. The van der Waals surface area contributed by atoms with Crippen LogP contribution in [0.4, 0.5) is 9.93 Å². The minimum Gasteiger partial charge on any atom is -0.465 e. The summed E-state index contributed by atoms with van der Waals surface area (Å²) in [6.45, 7) is -0.112. The van der Waals surface area contributed by atoms with Crippen LogP contribution >= 0.6 is 11.3 Å². The van der Waals surface area contributed by atoms with E-state index in [0.29, 0.717) is 4.90 Å². The van der Waals surface area contributed by atoms with Crippen molar-refractivity contribution < 1.29 is 24.3 Å².